The summed E-state index contributed by atoms with van der Waals surface area (Å²) in [7, 11) is 0. The normalized spacial score (nSPS) is 12.3. The second kappa shape index (κ2) is 10.9. The maximum Gasteiger partial charge on any atom is 0.123 e. The zero-order valence-corrected chi connectivity index (χ0v) is 20.6. The van der Waals surface area contributed by atoms with Crippen molar-refractivity contribution in [3.05, 3.63) is 23.3 Å². The van der Waals surface area contributed by atoms with Gasteiger partial charge in [0.1, 0.15) is 11.5 Å². The molecule has 0 aliphatic heterocycles. The fourth-order valence-electron chi connectivity index (χ4n) is 2.73. The minimum atomic E-state index is 0.00907. The zero-order chi connectivity index (χ0) is 19.8. The molecule has 0 aliphatic carbocycles. The number of benzene rings is 1. The molecular formula is C22H36Br2O2. The van der Waals surface area contributed by atoms with Crippen LogP contribution in [0.3, 0.4) is 0 Å². The van der Waals surface area contributed by atoms with Crippen LogP contribution in [0.5, 0.6) is 11.5 Å². The molecule has 0 amide bonds. The molecule has 0 radical (unpaired) electrons. The maximum atomic E-state index is 6.22. The zero-order valence-electron chi connectivity index (χ0n) is 17.4. The molecule has 1 rings (SSSR count). The standard InChI is InChI=1S/C22H36Br2O2/c1-21(2,3)17-15-20(26-14-10-8-12-24)18(22(4,5)6)16-19(17)25-13-9-7-11-23/h15-16H,7-14H2,1-6H3. The second-order valence-electron chi connectivity index (χ2n) is 8.83. The van der Waals surface area contributed by atoms with Crippen LogP contribution in [0.15, 0.2) is 12.1 Å². The SMILES string of the molecule is CC(C)(C)c1cc(OCCCCBr)c(C(C)(C)C)cc1OCCCCBr. The molecule has 0 bridgehead atoms. The average Bonchev–Trinajstić information content (AvgIpc) is 2.54. The Morgan fingerprint density at radius 1 is 0.654 bits per heavy atom. The Morgan fingerprint density at radius 2 is 1.00 bits per heavy atom. The van der Waals surface area contributed by atoms with Crippen molar-refractivity contribution in [2.45, 2.75) is 78.1 Å². The van der Waals surface area contributed by atoms with Crippen LogP contribution in [0.4, 0.5) is 0 Å². The first-order chi connectivity index (χ1) is 12.1. The predicted octanol–water partition coefficient (Wildman–Crippen LogP) is 7.39. The third-order valence-corrected chi connectivity index (χ3v) is 5.39. The number of unbranched alkanes of at least 4 members (excludes halogenated alkanes) is 2. The number of hydrogen-bond acceptors (Lipinski definition) is 2. The Bertz CT molecular complexity index is 493. The fourth-order valence-corrected chi connectivity index (χ4v) is 3.52. The molecule has 0 atom stereocenters. The molecule has 1 aromatic rings. The van der Waals surface area contributed by atoms with Crippen molar-refractivity contribution in [3.8, 4) is 11.5 Å². The number of halogens is 2. The summed E-state index contributed by atoms with van der Waals surface area (Å²) in [6.45, 7) is 14.9. The van der Waals surface area contributed by atoms with Crippen LogP contribution >= 0.6 is 31.9 Å². The lowest BCUT2D eigenvalue weighted by molar-refractivity contribution is 0.288. The Labute approximate surface area is 177 Å². The molecule has 2 nitrogen and oxygen atoms in total. The van der Waals surface area contributed by atoms with E-state index in [0.29, 0.717) is 0 Å². The number of ether oxygens (including phenoxy) is 2. The van der Waals surface area contributed by atoms with Gasteiger partial charge in [0, 0.05) is 21.8 Å². The minimum absolute atomic E-state index is 0.00907. The van der Waals surface area contributed by atoms with Gasteiger partial charge in [0.15, 0.2) is 0 Å². The monoisotopic (exact) mass is 490 g/mol. The molecular weight excluding hydrogens is 456 g/mol. The highest BCUT2D eigenvalue weighted by Crippen LogP contribution is 2.41. The molecule has 26 heavy (non-hydrogen) atoms. The van der Waals surface area contributed by atoms with Gasteiger partial charge < -0.3 is 9.47 Å². The first-order valence-corrected chi connectivity index (χ1v) is 11.9. The van der Waals surface area contributed by atoms with Crippen molar-refractivity contribution >= 4 is 31.9 Å². The Kier molecular flexibility index (Phi) is 10.0. The predicted molar refractivity (Wildman–Crippen MR) is 121 cm³/mol. The largest absolute Gasteiger partial charge is 0.493 e. The van der Waals surface area contributed by atoms with E-state index in [2.05, 4.69) is 85.5 Å². The van der Waals surface area contributed by atoms with Gasteiger partial charge in [0.2, 0.25) is 0 Å². The summed E-state index contributed by atoms with van der Waals surface area (Å²) in [5.74, 6) is 2.01. The van der Waals surface area contributed by atoms with Gasteiger partial charge in [-0.25, -0.2) is 0 Å². The molecule has 150 valence electrons. The fraction of sp³-hybridized carbons (Fsp3) is 0.727. The number of rotatable bonds is 10. The van der Waals surface area contributed by atoms with Gasteiger partial charge in [-0.05, 0) is 48.6 Å². The summed E-state index contributed by atoms with van der Waals surface area (Å²) in [5.41, 5.74) is 2.46. The first kappa shape index (κ1) is 23.8. The molecule has 4 heteroatoms. The lowest BCUT2D eigenvalue weighted by Crippen LogP contribution is -2.19. The summed E-state index contributed by atoms with van der Waals surface area (Å²) in [6, 6.07) is 4.43. The lowest BCUT2D eigenvalue weighted by Gasteiger charge is -2.29. The van der Waals surface area contributed by atoms with E-state index in [1.807, 2.05) is 0 Å². The summed E-state index contributed by atoms with van der Waals surface area (Å²) in [6.07, 6.45) is 4.38. The van der Waals surface area contributed by atoms with E-state index in [-0.39, 0.29) is 10.8 Å². The third-order valence-electron chi connectivity index (χ3n) is 4.27. The highest BCUT2D eigenvalue weighted by atomic mass is 79.9. The summed E-state index contributed by atoms with van der Waals surface area (Å²) in [5, 5.41) is 2.05. The summed E-state index contributed by atoms with van der Waals surface area (Å²) in [4.78, 5) is 0. The lowest BCUT2D eigenvalue weighted by atomic mass is 9.81. The molecule has 0 aromatic heterocycles. The van der Waals surface area contributed by atoms with Crippen LogP contribution < -0.4 is 9.47 Å². The Balaban J connectivity index is 3.19. The Hall–Kier alpha value is -0.220. The molecule has 0 fully saturated rings. The molecule has 1 aromatic carbocycles. The van der Waals surface area contributed by atoms with Crippen LogP contribution in [0.1, 0.15) is 78.4 Å². The number of hydrogen-bond donors (Lipinski definition) is 0. The van der Waals surface area contributed by atoms with Crippen LogP contribution in [0.2, 0.25) is 0 Å². The first-order valence-electron chi connectivity index (χ1n) is 9.67. The van der Waals surface area contributed by atoms with E-state index in [0.717, 1.165) is 61.1 Å². The van der Waals surface area contributed by atoms with Gasteiger partial charge in [-0.3, -0.25) is 0 Å². The molecule has 0 unspecified atom stereocenters. The van der Waals surface area contributed by atoms with Gasteiger partial charge in [-0.15, -0.1) is 0 Å². The van der Waals surface area contributed by atoms with Crippen molar-refractivity contribution in [2.75, 3.05) is 23.9 Å². The van der Waals surface area contributed by atoms with Gasteiger partial charge >= 0.3 is 0 Å². The molecule has 0 aliphatic rings. The Morgan fingerprint density at radius 3 is 1.27 bits per heavy atom. The highest BCUT2D eigenvalue weighted by Gasteiger charge is 2.26. The molecule has 0 heterocycles. The van der Waals surface area contributed by atoms with Crippen LogP contribution in [0, 0.1) is 0 Å². The average molecular weight is 492 g/mol. The third kappa shape index (κ3) is 7.80. The van der Waals surface area contributed by atoms with Gasteiger partial charge in [-0.2, -0.15) is 0 Å². The molecule has 0 saturated carbocycles. The van der Waals surface area contributed by atoms with Crippen LogP contribution in [-0.4, -0.2) is 23.9 Å². The van der Waals surface area contributed by atoms with Crippen molar-refractivity contribution in [1.29, 1.82) is 0 Å². The molecule has 0 saturated heterocycles. The van der Waals surface area contributed by atoms with E-state index < -0.39 is 0 Å². The van der Waals surface area contributed by atoms with E-state index >= 15 is 0 Å². The van der Waals surface area contributed by atoms with Crippen LogP contribution in [0.25, 0.3) is 0 Å². The number of alkyl halides is 2. The van der Waals surface area contributed by atoms with Gasteiger partial charge in [0.25, 0.3) is 0 Å². The quantitative estimate of drug-likeness (QED) is 0.251. The summed E-state index contributed by atoms with van der Waals surface area (Å²) >= 11 is 6.98. The van der Waals surface area contributed by atoms with Crippen LogP contribution in [-0.2, 0) is 10.8 Å². The minimum Gasteiger partial charge on any atom is -0.493 e. The van der Waals surface area contributed by atoms with Crippen molar-refractivity contribution in [1.82, 2.24) is 0 Å². The molecule has 0 spiro atoms. The topological polar surface area (TPSA) is 18.5 Å². The van der Waals surface area contributed by atoms with E-state index in [4.69, 9.17) is 9.47 Å². The summed E-state index contributed by atoms with van der Waals surface area (Å²) < 4.78 is 12.4. The van der Waals surface area contributed by atoms with Crippen molar-refractivity contribution < 1.29 is 9.47 Å². The smallest absolute Gasteiger partial charge is 0.123 e. The maximum absolute atomic E-state index is 6.22. The van der Waals surface area contributed by atoms with Crippen molar-refractivity contribution in [2.24, 2.45) is 0 Å². The van der Waals surface area contributed by atoms with Gasteiger partial charge in [0.05, 0.1) is 13.2 Å². The van der Waals surface area contributed by atoms with Crippen molar-refractivity contribution in [3.63, 3.8) is 0 Å². The van der Waals surface area contributed by atoms with E-state index in [1.54, 1.807) is 0 Å². The molecule has 0 N–H and O–H groups in total. The van der Waals surface area contributed by atoms with Gasteiger partial charge in [-0.1, -0.05) is 73.4 Å². The van der Waals surface area contributed by atoms with E-state index in [9.17, 15) is 0 Å². The highest BCUT2D eigenvalue weighted by molar-refractivity contribution is 9.09. The second-order valence-corrected chi connectivity index (χ2v) is 10.4. The van der Waals surface area contributed by atoms with E-state index in [1.165, 1.54) is 11.1 Å².